The zero-order valence-corrected chi connectivity index (χ0v) is 10.4. The number of aromatic nitrogens is 1. The summed E-state index contributed by atoms with van der Waals surface area (Å²) in [5, 5.41) is 0.827. The molecule has 0 spiro atoms. The summed E-state index contributed by atoms with van der Waals surface area (Å²) < 4.78 is 8.58. The topological polar surface area (TPSA) is 31.2 Å². The molecular formula is C13H15NO2S. The van der Waals surface area contributed by atoms with Crippen molar-refractivity contribution in [2.45, 2.75) is 31.9 Å². The van der Waals surface area contributed by atoms with Gasteiger partial charge in [0.1, 0.15) is 0 Å². The first-order valence-corrected chi connectivity index (χ1v) is 6.82. The molecule has 1 aromatic heterocycles. The Morgan fingerprint density at radius 3 is 3.00 bits per heavy atom. The molecule has 1 aromatic carbocycles. The summed E-state index contributed by atoms with van der Waals surface area (Å²) in [4.78, 5) is 12.1. The second-order valence-corrected chi connectivity index (χ2v) is 5.51. The zero-order valence-electron chi connectivity index (χ0n) is 9.59. The average Bonchev–Trinajstić information content (AvgIpc) is 2.68. The molecule has 2 aromatic rings. The molecule has 0 unspecified atom stereocenters. The van der Waals surface area contributed by atoms with Crippen molar-refractivity contribution in [1.82, 2.24) is 3.96 Å². The SMILES string of the molecule is O=c1c2ccccc2sn1C[C@@H]1CCCCO1. The van der Waals surface area contributed by atoms with Crippen LogP contribution in [0.25, 0.3) is 10.1 Å². The molecule has 0 aliphatic carbocycles. The van der Waals surface area contributed by atoms with E-state index in [2.05, 4.69) is 0 Å². The summed E-state index contributed by atoms with van der Waals surface area (Å²) in [7, 11) is 0. The Balaban J connectivity index is 1.89. The highest BCUT2D eigenvalue weighted by atomic mass is 32.1. The van der Waals surface area contributed by atoms with Crippen molar-refractivity contribution in [3.8, 4) is 0 Å². The molecule has 1 fully saturated rings. The lowest BCUT2D eigenvalue weighted by atomic mass is 10.1. The lowest BCUT2D eigenvalue weighted by Crippen LogP contribution is -2.27. The molecule has 0 saturated carbocycles. The van der Waals surface area contributed by atoms with Gasteiger partial charge in [0.25, 0.3) is 5.56 Å². The molecule has 0 radical (unpaired) electrons. The van der Waals surface area contributed by atoms with E-state index in [1.54, 1.807) is 11.5 Å². The van der Waals surface area contributed by atoms with Crippen LogP contribution in [0.4, 0.5) is 0 Å². The number of fused-ring (bicyclic) bond motifs is 1. The van der Waals surface area contributed by atoms with Crippen LogP contribution in [0.5, 0.6) is 0 Å². The Morgan fingerprint density at radius 1 is 1.35 bits per heavy atom. The molecule has 1 aliphatic rings. The van der Waals surface area contributed by atoms with Crippen molar-refractivity contribution in [1.29, 1.82) is 0 Å². The minimum absolute atomic E-state index is 0.125. The van der Waals surface area contributed by atoms with Crippen molar-refractivity contribution < 1.29 is 4.74 Å². The summed E-state index contributed by atoms with van der Waals surface area (Å²) in [6, 6.07) is 7.78. The Morgan fingerprint density at radius 2 is 2.24 bits per heavy atom. The molecular weight excluding hydrogens is 234 g/mol. The van der Waals surface area contributed by atoms with Crippen molar-refractivity contribution in [2.24, 2.45) is 0 Å². The molecule has 4 heteroatoms. The molecule has 90 valence electrons. The summed E-state index contributed by atoms with van der Waals surface area (Å²) in [5.41, 5.74) is 0.125. The minimum atomic E-state index is 0.125. The van der Waals surface area contributed by atoms with Gasteiger partial charge in [-0.3, -0.25) is 8.75 Å². The largest absolute Gasteiger partial charge is 0.376 e. The van der Waals surface area contributed by atoms with E-state index in [9.17, 15) is 4.79 Å². The minimum Gasteiger partial charge on any atom is -0.376 e. The van der Waals surface area contributed by atoms with Crippen molar-refractivity contribution >= 4 is 21.6 Å². The van der Waals surface area contributed by atoms with E-state index in [1.807, 2.05) is 28.2 Å². The van der Waals surface area contributed by atoms with E-state index >= 15 is 0 Å². The van der Waals surface area contributed by atoms with Gasteiger partial charge >= 0.3 is 0 Å². The standard InChI is InChI=1S/C13H15NO2S/c15-13-11-6-1-2-7-12(11)17-14(13)9-10-5-3-4-8-16-10/h1-2,6-7,10H,3-5,8-9H2/t10-/m0/s1. The first-order valence-electron chi connectivity index (χ1n) is 6.05. The summed E-state index contributed by atoms with van der Waals surface area (Å²) in [6.07, 6.45) is 3.65. The van der Waals surface area contributed by atoms with Crippen LogP contribution in [-0.4, -0.2) is 16.7 Å². The smallest absolute Gasteiger partial charge is 0.268 e. The quantitative estimate of drug-likeness (QED) is 0.819. The first-order chi connectivity index (χ1) is 8.34. The number of ether oxygens (including phenoxy) is 1. The van der Waals surface area contributed by atoms with E-state index in [4.69, 9.17) is 4.74 Å². The number of hydrogen-bond donors (Lipinski definition) is 0. The monoisotopic (exact) mass is 249 g/mol. The Labute approximate surface area is 104 Å². The normalized spacial score (nSPS) is 20.8. The Bertz CT molecular complexity index is 566. The van der Waals surface area contributed by atoms with E-state index in [-0.39, 0.29) is 11.7 Å². The summed E-state index contributed by atoms with van der Waals surface area (Å²) in [6.45, 7) is 1.54. The van der Waals surface area contributed by atoms with Gasteiger partial charge in [-0.2, -0.15) is 0 Å². The molecule has 1 aliphatic heterocycles. The van der Waals surface area contributed by atoms with Crippen molar-refractivity contribution in [3.63, 3.8) is 0 Å². The van der Waals surface area contributed by atoms with Crippen LogP contribution in [0.15, 0.2) is 29.1 Å². The van der Waals surface area contributed by atoms with Crippen LogP contribution in [0, 0.1) is 0 Å². The number of rotatable bonds is 2. The molecule has 0 amide bonds. The van der Waals surface area contributed by atoms with Crippen LogP contribution in [-0.2, 0) is 11.3 Å². The molecule has 0 N–H and O–H groups in total. The van der Waals surface area contributed by atoms with Gasteiger partial charge in [-0.05, 0) is 31.4 Å². The molecule has 17 heavy (non-hydrogen) atoms. The maximum atomic E-state index is 12.1. The van der Waals surface area contributed by atoms with Gasteiger partial charge in [-0.25, -0.2) is 0 Å². The first kappa shape index (κ1) is 11.0. The fourth-order valence-corrected chi connectivity index (χ4v) is 3.33. The second-order valence-electron chi connectivity index (χ2n) is 4.44. The van der Waals surface area contributed by atoms with Crippen LogP contribution in [0.2, 0.25) is 0 Å². The van der Waals surface area contributed by atoms with Crippen LogP contribution >= 0.6 is 11.5 Å². The number of benzene rings is 1. The van der Waals surface area contributed by atoms with Gasteiger partial charge in [0.15, 0.2) is 0 Å². The van der Waals surface area contributed by atoms with E-state index in [0.717, 1.165) is 29.5 Å². The van der Waals surface area contributed by atoms with E-state index < -0.39 is 0 Å². The predicted octanol–water partition coefficient (Wildman–Crippen LogP) is 2.63. The van der Waals surface area contributed by atoms with Crippen LogP contribution in [0.3, 0.4) is 0 Å². The lowest BCUT2D eigenvalue weighted by Gasteiger charge is -2.22. The van der Waals surface area contributed by atoms with Gasteiger partial charge in [0.2, 0.25) is 0 Å². The van der Waals surface area contributed by atoms with E-state index in [1.165, 1.54) is 6.42 Å². The molecule has 3 rings (SSSR count). The van der Waals surface area contributed by atoms with Gasteiger partial charge in [-0.15, -0.1) is 0 Å². The maximum Gasteiger partial charge on any atom is 0.268 e. The fraction of sp³-hybridized carbons (Fsp3) is 0.462. The number of nitrogens with zero attached hydrogens (tertiary/aromatic N) is 1. The van der Waals surface area contributed by atoms with Gasteiger partial charge in [0, 0.05) is 6.61 Å². The van der Waals surface area contributed by atoms with Gasteiger partial charge in [0.05, 0.1) is 22.7 Å². The van der Waals surface area contributed by atoms with Gasteiger partial charge < -0.3 is 4.74 Å². The molecule has 1 saturated heterocycles. The molecule has 0 bridgehead atoms. The zero-order chi connectivity index (χ0) is 11.7. The summed E-state index contributed by atoms with van der Waals surface area (Å²) in [5.74, 6) is 0. The predicted molar refractivity (Wildman–Crippen MR) is 69.7 cm³/mol. The molecule has 1 atom stereocenters. The third kappa shape index (κ3) is 2.15. The third-order valence-electron chi connectivity index (χ3n) is 3.20. The Kier molecular flexibility index (Phi) is 2.99. The number of hydrogen-bond acceptors (Lipinski definition) is 3. The average molecular weight is 249 g/mol. The highest BCUT2D eigenvalue weighted by molar-refractivity contribution is 7.13. The second kappa shape index (κ2) is 4.63. The Hall–Kier alpha value is -1.13. The maximum absolute atomic E-state index is 12.1. The van der Waals surface area contributed by atoms with Gasteiger partial charge in [-0.1, -0.05) is 23.7 Å². The summed E-state index contributed by atoms with van der Waals surface area (Å²) >= 11 is 1.54. The highest BCUT2D eigenvalue weighted by Crippen LogP contribution is 2.19. The molecule has 3 nitrogen and oxygen atoms in total. The lowest BCUT2D eigenvalue weighted by molar-refractivity contribution is 0.00726. The van der Waals surface area contributed by atoms with Crippen molar-refractivity contribution in [3.05, 3.63) is 34.6 Å². The van der Waals surface area contributed by atoms with Crippen LogP contribution in [0.1, 0.15) is 19.3 Å². The van der Waals surface area contributed by atoms with E-state index in [0.29, 0.717) is 6.54 Å². The molecule has 2 heterocycles. The highest BCUT2D eigenvalue weighted by Gasteiger charge is 2.16. The van der Waals surface area contributed by atoms with Crippen molar-refractivity contribution in [2.75, 3.05) is 6.61 Å². The van der Waals surface area contributed by atoms with Crippen LogP contribution < -0.4 is 5.56 Å². The third-order valence-corrected chi connectivity index (χ3v) is 4.28. The fourth-order valence-electron chi connectivity index (χ4n) is 2.27.